The van der Waals surface area contributed by atoms with Gasteiger partial charge >= 0.3 is 0 Å². The van der Waals surface area contributed by atoms with Gasteiger partial charge in [0.25, 0.3) is 0 Å². The van der Waals surface area contributed by atoms with Crippen molar-refractivity contribution in [3.05, 3.63) is 29.6 Å². The molecule has 3 heteroatoms. The van der Waals surface area contributed by atoms with E-state index in [0.717, 1.165) is 6.42 Å². The van der Waals surface area contributed by atoms with Crippen molar-refractivity contribution >= 4 is 0 Å². The van der Waals surface area contributed by atoms with Gasteiger partial charge < -0.3 is 0 Å². The lowest BCUT2D eigenvalue weighted by atomic mass is 9.98. The third kappa shape index (κ3) is 4.84. The number of nitrogens with zero attached hydrogens (tertiary/aromatic N) is 1. The molecule has 1 aromatic rings. The molecule has 0 aliphatic heterocycles. The smallest absolute Gasteiger partial charge is 0.0477 e. The van der Waals surface area contributed by atoms with Crippen molar-refractivity contribution in [1.82, 2.24) is 10.4 Å². The van der Waals surface area contributed by atoms with Crippen molar-refractivity contribution < 1.29 is 0 Å². The fourth-order valence-corrected chi connectivity index (χ4v) is 2.12. The Labute approximate surface area is 105 Å². The van der Waals surface area contributed by atoms with E-state index in [-0.39, 0.29) is 6.04 Å². The lowest BCUT2D eigenvalue weighted by molar-refractivity contribution is 0.476. The molecule has 17 heavy (non-hydrogen) atoms. The van der Waals surface area contributed by atoms with E-state index in [4.69, 9.17) is 5.84 Å². The molecule has 3 nitrogen and oxygen atoms in total. The molecule has 0 bridgehead atoms. The van der Waals surface area contributed by atoms with Crippen molar-refractivity contribution in [3.63, 3.8) is 0 Å². The van der Waals surface area contributed by atoms with E-state index < -0.39 is 0 Å². The predicted octanol–water partition coefficient (Wildman–Crippen LogP) is 3.25. The monoisotopic (exact) mass is 235 g/mol. The van der Waals surface area contributed by atoms with Crippen LogP contribution in [-0.4, -0.2) is 4.98 Å². The minimum Gasteiger partial charge on any atom is -0.271 e. The van der Waals surface area contributed by atoms with Crippen LogP contribution in [0.25, 0.3) is 0 Å². The maximum Gasteiger partial charge on any atom is 0.0477 e. The molecule has 1 atom stereocenters. The number of nitrogens with two attached hydrogens (primary N) is 1. The van der Waals surface area contributed by atoms with Gasteiger partial charge in [-0.05, 0) is 30.5 Å². The summed E-state index contributed by atoms with van der Waals surface area (Å²) in [6.45, 7) is 4.35. The van der Waals surface area contributed by atoms with Crippen LogP contribution in [0.2, 0.25) is 0 Å². The summed E-state index contributed by atoms with van der Waals surface area (Å²) in [7, 11) is 0. The van der Waals surface area contributed by atoms with Crippen molar-refractivity contribution in [2.75, 3.05) is 0 Å². The summed E-state index contributed by atoms with van der Waals surface area (Å²) in [4.78, 5) is 4.18. The standard InChI is InChI=1S/C14H25N3/c1-3-4-5-6-7-8-14(17-15)13-11-16-10-9-12(13)2/h9-11,14,17H,3-8,15H2,1-2H3. The second-order valence-corrected chi connectivity index (χ2v) is 4.65. The highest BCUT2D eigenvalue weighted by atomic mass is 15.2. The Bertz CT molecular complexity index is 312. The molecule has 0 amide bonds. The molecule has 1 rings (SSSR count). The fourth-order valence-electron chi connectivity index (χ4n) is 2.12. The van der Waals surface area contributed by atoms with Gasteiger partial charge in [-0.15, -0.1) is 0 Å². The van der Waals surface area contributed by atoms with Gasteiger partial charge in [0.1, 0.15) is 0 Å². The van der Waals surface area contributed by atoms with E-state index in [1.807, 2.05) is 18.5 Å². The van der Waals surface area contributed by atoms with Gasteiger partial charge in [-0.2, -0.15) is 0 Å². The van der Waals surface area contributed by atoms with E-state index in [2.05, 4.69) is 24.3 Å². The van der Waals surface area contributed by atoms with E-state index >= 15 is 0 Å². The number of hydrogen-bond donors (Lipinski definition) is 2. The average molecular weight is 235 g/mol. The maximum atomic E-state index is 5.64. The van der Waals surface area contributed by atoms with Crippen LogP contribution in [0.1, 0.15) is 62.6 Å². The number of unbranched alkanes of at least 4 members (excludes halogenated alkanes) is 4. The summed E-state index contributed by atoms with van der Waals surface area (Å²) >= 11 is 0. The number of rotatable bonds is 8. The van der Waals surface area contributed by atoms with Gasteiger partial charge in [-0.3, -0.25) is 16.3 Å². The van der Waals surface area contributed by atoms with Crippen LogP contribution in [-0.2, 0) is 0 Å². The summed E-state index contributed by atoms with van der Waals surface area (Å²) in [6, 6.07) is 2.28. The van der Waals surface area contributed by atoms with Gasteiger partial charge in [0.15, 0.2) is 0 Å². The van der Waals surface area contributed by atoms with Crippen LogP contribution in [0.3, 0.4) is 0 Å². The third-order valence-corrected chi connectivity index (χ3v) is 3.25. The number of aryl methyl sites for hydroxylation is 1. The quantitative estimate of drug-likeness (QED) is 0.413. The van der Waals surface area contributed by atoms with Gasteiger partial charge in [0.05, 0.1) is 0 Å². The van der Waals surface area contributed by atoms with Crippen LogP contribution in [0.5, 0.6) is 0 Å². The molecule has 0 saturated carbocycles. The van der Waals surface area contributed by atoms with Gasteiger partial charge in [-0.25, -0.2) is 0 Å². The van der Waals surface area contributed by atoms with Crippen LogP contribution in [0.15, 0.2) is 18.5 Å². The van der Waals surface area contributed by atoms with Gasteiger partial charge in [0.2, 0.25) is 0 Å². The second kappa shape index (κ2) is 8.20. The van der Waals surface area contributed by atoms with Crippen LogP contribution >= 0.6 is 0 Å². The first-order chi connectivity index (χ1) is 8.29. The average Bonchev–Trinajstić information content (AvgIpc) is 2.35. The first-order valence-corrected chi connectivity index (χ1v) is 6.66. The molecule has 1 aromatic heterocycles. The first kappa shape index (κ1) is 14.1. The zero-order valence-corrected chi connectivity index (χ0v) is 11.1. The Morgan fingerprint density at radius 1 is 1.29 bits per heavy atom. The number of hydrazine groups is 1. The minimum absolute atomic E-state index is 0.241. The van der Waals surface area contributed by atoms with Crippen molar-refractivity contribution in [2.45, 2.75) is 58.4 Å². The Kier molecular flexibility index (Phi) is 6.82. The molecular formula is C14H25N3. The van der Waals surface area contributed by atoms with E-state index in [0.29, 0.717) is 0 Å². The highest BCUT2D eigenvalue weighted by molar-refractivity contribution is 5.24. The summed E-state index contributed by atoms with van der Waals surface area (Å²) in [5.41, 5.74) is 5.40. The summed E-state index contributed by atoms with van der Waals surface area (Å²) in [5.74, 6) is 5.64. The molecule has 0 spiro atoms. The summed E-state index contributed by atoms with van der Waals surface area (Å²) in [6.07, 6.45) is 11.3. The highest BCUT2D eigenvalue weighted by Crippen LogP contribution is 2.21. The van der Waals surface area contributed by atoms with Crippen molar-refractivity contribution in [2.24, 2.45) is 5.84 Å². The van der Waals surface area contributed by atoms with Crippen molar-refractivity contribution in [3.8, 4) is 0 Å². The molecule has 0 saturated heterocycles. The summed E-state index contributed by atoms with van der Waals surface area (Å²) < 4.78 is 0. The summed E-state index contributed by atoms with van der Waals surface area (Å²) in [5, 5.41) is 0. The molecule has 0 fully saturated rings. The number of hydrogen-bond acceptors (Lipinski definition) is 3. The molecule has 0 radical (unpaired) electrons. The maximum absolute atomic E-state index is 5.64. The van der Waals surface area contributed by atoms with E-state index in [1.54, 1.807) is 0 Å². The SMILES string of the molecule is CCCCCCCC(NN)c1cnccc1C. The molecular weight excluding hydrogens is 210 g/mol. The largest absolute Gasteiger partial charge is 0.271 e. The zero-order valence-electron chi connectivity index (χ0n) is 11.1. The Morgan fingerprint density at radius 2 is 2.06 bits per heavy atom. The van der Waals surface area contributed by atoms with Gasteiger partial charge in [-0.1, -0.05) is 39.0 Å². The molecule has 1 heterocycles. The predicted molar refractivity (Wildman–Crippen MR) is 72.4 cm³/mol. The Hall–Kier alpha value is -0.930. The molecule has 0 aliphatic rings. The van der Waals surface area contributed by atoms with E-state index in [9.17, 15) is 0 Å². The number of pyridine rings is 1. The second-order valence-electron chi connectivity index (χ2n) is 4.65. The highest BCUT2D eigenvalue weighted by Gasteiger charge is 2.11. The number of nitrogens with one attached hydrogen (secondary N) is 1. The first-order valence-electron chi connectivity index (χ1n) is 6.66. The molecule has 96 valence electrons. The van der Waals surface area contributed by atoms with Gasteiger partial charge in [0, 0.05) is 18.4 Å². The Balaban J connectivity index is 2.41. The lowest BCUT2D eigenvalue weighted by Crippen LogP contribution is -2.28. The minimum atomic E-state index is 0.241. The molecule has 1 unspecified atom stereocenters. The van der Waals surface area contributed by atoms with Crippen LogP contribution < -0.4 is 11.3 Å². The van der Waals surface area contributed by atoms with E-state index in [1.165, 1.54) is 43.2 Å². The topological polar surface area (TPSA) is 50.9 Å². The molecule has 0 aliphatic carbocycles. The van der Waals surface area contributed by atoms with Crippen LogP contribution in [0, 0.1) is 6.92 Å². The Morgan fingerprint density at radius 3 is 2.71 bits per heavy atom. The van der Waals surface area contributed by atoms with Crippen molar-refractivity contribution in [1.29, 1.82) is 0 Å². The van der Waals surface area contributed by atoms with Crippen LogP contribution in [0.4, 0.5) is 0 Å². The zero-order chi connectivity index (χ0) is 12.5. The lowest BCUT2D eigenvalue weighted by Gasteiger charge is -2.17. The number of aromatic nitrogens is 1. The fraction of sp³-hybridized carbons (Fsp3) is 0.643. The normalized spacial score (nSPS) is 12.6. The molecule has 3 N–H and O–H groups in total. The third-order valence-electron chi connectivity index (χ3n) is 3.25. The molecule has 0 aromatic carbocycles.